The maximum Gasteiger partial charge on any atom is 0.213 e. The van der Waals surface area contributed by atoms with Crippen LogP contribution in [0.4, 0.5) is 9.52 Å². The summed E-state index contributed by atoms with van der Waals surface area (Å²) in [4.78, 5) is 5.66. The van der Waals surface area contributed by atoms with E-state index in [2.05, 4.69) is 15.0 Å². The SMILES string of the molecule is CC(C)S(=O)(=O)NC[C@H]1CC[C@H](Nc2nc3c(s2)CCC(F)=C3)CC1. The van der Waals surface area contributed by atoms with Crippen LogP contribution >= 0.6 is 11.3 Å². The van der Waals surface area contributed by atoms with Crippen LogP contribution in [-0.4, -0.2) is 31.2 Å². The van der Waals surface area contributed by atoms with Crippen molar-refractivity contribution < 1.29 is 12.8 Å². The number of rotatable bonds is 6. The van der Waals surface area contributed by atoms with Crippen molar-refractivity contribution in [2.75, 3.05) is 11.9 Å². The minimum Gasteiger partial charge on any atom is -0.359 e. The topological polar surface area (TPSA) is 71.1 Å². The van der Waals surface area contributed by atoms with Gasteiger partial charge in [0, 0.05) is 23.9 Å². The van der Waals surface area contributed by atoms with E-state index >= 15 is 0 Å². The largest absolute Gasteiger partial charge is 0.359 e. The number of aryl methyl sites for hydroxylation is 1. The molecule has 0 saturated heterocycles. The fourth-order valence-corrected chi connectivity index (χ4v) is 5.07. The third-order valence-corrected chi connectivity index (χ3v) is 7.85. The molecule has 0 radical (unpaired) electrons. The Labute approximate surface area is 153 Å². The van der Waals surface area contributed by atoms with Gasteiger partial charge in [-0.25, -0.2) is 22.5 Å². The molecule has 1 fully saturated rings. The van der Waals surface area contributed by atoms with E-state index in [0.29, 0.717) is 24.9 Å². The smallest absolute Gasteiger partial charge is 0.213 e. The van der Waals surface area contributed by atoms with Crippen molar-refractivity contribution >= 4 is 32.6 Å². The molecule has 140 valence electrons. The first-order chi connectivity index (χ1) is 11.8. The summed E-state index contributed by atoms with van der Waals surface area (Å²) >= 11 is 1.62. The number of halogens is 1. The van der Waals surface area contributed by atoms with Crippen LogP contribution in [0.1, 0.15) is 56.5 Å². The number of allylic oxidation sites excluding steroid dienone is 1. The van der Waals surface area contributed by atoms with Crippen molar-refractivity contribution in [3.05, 3.63) is 16.4 Å². The van der Waals surface area contributed by atoms with Crippen LogP contribution in [0.3, 0.4) is 0 Å². The van der Waals surface area contributed by atoms with Gasteiger partial charge in [-0.1, -0.05) is 0 Å². The molecule has 3 rings (SSSR count). The molecule has 8 heteroatoms. The van der Waals surface area contributed by atoms with Gasteiger partial charge in [-0.15, -0.1) is 11.3 Å². The number of aromatic nitrogens is 1. The second kappa shape index (κ2) is 7.72. The zero-order valence-electron chi connectivity index (χ0n) is 14.7. The summed E-state index contributed by atoms with van der Waals surface area (Å²) in [5.41, 5.74) is 0.771. The van der Waals surface area contributed by atoms with Gasteiger partial charge in [-0.2, -0.15) is 0 Å². The summed E-state index contributed by atoms with van der Waals surface area (Å²) in [5, 5.41) is 3.97. The second-order valence-corrected chi connectivity index (χ2v) is 10.6. The highest BCUT2D eigenvalue weighted by Crippen LogP contribution is 2.33. The number of thiazole rings is 1. The molecule has 1 aromatic heterocycles. The van der Waals surface area contributed by atoms with E-state index in [-0.39, 0.29) is 11.1 Å². The minimum atomic E-state index is -3.18. The summed E-state index contributed by atoms with van der Waals surface area (Å²) in [6.45, 7) is 3.92. The first-order valence-electron chi connectivity index (χ1n) is 8.94. The minimum absolute atomic E-state index is 0.0892. The lowest BCUT2D eigenvalue weighted by Crippen LogP contribution is -2.37. The molecule has 0 spiro atoms. The van der Waals surface area contributed by atoms with Crippen molar-refractivity contribution in [2.45, 2.75) is 63.7 Å². The molecule has 2 N–H and O–H groups in total. The van der Waals surface area contributed by atoms with Crippen molar-refractivity contribution in [1.29, 1.82) is 0 Å². The third-order valence-electron chi connectivity index (χ3n) is 4.98. The highest BCUT2D eigenvalue weighted by molar-refractivity contribution is 7.90. The number of fused-ring (bicyclic) bond motifs is 1. The molecule has 0 aliphatic heterocycles. The quantitative estimate of drug-likeness (QED) is 0.781. The van der Waals surface area contributed by atoms with Gasteiger partial charge in [0.15, 0.2) is 5.13 Å². The van der Waals surface area contributed by atoms with Gasteiger partial charge in [0.05, 0.1) is 10.9 Å². The van der Waals surface area contributed by atoms with Crippen molar-refractivity contribution in [2.24, 2.45) is 5.92 Å². The molecule has 0 aromatic carbocycles. The Kier molecular flexibility index (Phi) is 5.80. The lowest BCUT2D eigenvalue weighted by Gasteiger charge is -2.29. The Balaban J connectivity index is 1.47. The van der Waals surface area contributed by atoms with E-state index in [1.54, 1.807) is 25.2 Å². The third kappa shape index (κ3) is 4.80. The highest BCUT2D eigenvalue weighted by Gasteiger charge is 2.25. The Morgan fingerprint density at radius 1 is 1.28 bits per heavy atom. The Hall–Kier alpha value is -0.990. The van der Waals surface area contributed by atoms with E-state index in [9.17, 15) is 12.8 Å². The van der Waals surface area contributed by atoms with Crippen LogP contribution in [0.25, 0.3) is 6.08 Å². The zero-order chi connectivity index (χ0) is 18.0. The van der Waals surface area contributed by atoms with Gasteiger partial charge in [0.1, 0.15) is 5.83 Å². The molecule has 2 aliphatic rings. The maximum atomic E-state index is 13.3. The van der Waals surface area contributed by atoms with E-state index in [1.165, 1.54) is 6.08 Å². The average molecular weight is 388 g/mol. The van der Waals surface area contributed by atoms with Crippen LogP contribution < -0.4 is 10.0 Å². The fraction of sp³-hybridized carbons (Fsp3) is 0.706. The Morgan fingerprint density at radius 3 is 2.68 bits per heavy atom. The van der Waals surface area contributed by atoms with Gasteiger partial charge in [-0.3, -0.25) is 0 Å². The molecular weight excluding hydrogens is 361 g/mol. The number of sulfonamides is 1. The van der Waals surface area contributed by atoms with Gasteiger partial charge in [0.2, 0.25) is 10.0 Å². The molecule has 0 atom stereocenters. The number of anilines is 1. The predicted octanol–water partition coefficient (Wildman–Crippen LogP) is 3.70. The van der Waals surface area contributed by atoms with Crippen molar-refractivity contribution in [3.63, 3.8) is 0 Å². The molecule has 25 heavy (non-hydrogen) atoms. The van der Waals surface area contributed by atoms with Crippen molar-refractivity contribution in [1.82, 2.24) is 9.71 Å². The Morgan fingerprint density at radius 2 is 2.00 bits per heavy atom. The van der Waals surface area contributed by atoms with Gasteiger partial charge in [0.25, 0.3) is 0 Å². The second-order valence-electron chi connectivity index (χ2n) is 7.22. The van der Waals surface area contributed by atoms with E-state index in [0.717, 1.165) is 47.8 Å². The van der Waals surface area contributed by atoms with Crippen LogP contribution in [0.5, 0.6) is 0 Å². The molecule has 5 nitrogen and oxygen atoms in total. The summed E-state index contributed by atoms with van der Waals surface area (Å²) in [7, 11) is -3.18. The number of nitrogens with one attached hydrogen (secondary N) is 2. The fourth-order valence-electron chi connectivity index (χ4n) is 3.26. The standard InChI is InChI=1S/C17H26FN3O2S2/c1-11(2)25(22,23)19-10-12-3-6-14(7-4-12)20-17-21-15-9-13(18)5-8-16(15)24-17/h9,11-12,14,19H,3-8,10H2,1-2H3,(H,20,21)/t12-,14-. The normalized spacial score (nSPS) is 24.1. The van der Waals surface area contributed by atoms with Crippen LogP contribution in [-0.2, 0) is 16.4 Å². The lowest BCUT2D eigenvalue weighted by molar-refractivity contribution is 0.337. The van der Waals surface area contributed by atoms with Gasteiger partial charge in [-0.05, 0) is 57.9 Å². The average Bonchev–Trinajstić information content (AvgIpc) is 2.95. The molecule has 0 amide bonds. The molecule has 1 saturated carbocycles. The molecule has 1 heterocycles. The number of nitrogens with zero attached hydrogens (tertiary/aromatic N) is 1. The highest BCUT2D eigenvalue weighted by atomic mass is 32.2. The predicted molar refractivity (Wildman–Crippen MR) is 101 cm³/mol. The molecule has 0 bridgehead atoms. The first kappa shape index (κ1) is 18.8. The summed E-state index contributed by atoms with van der Waals surface area (Å²) in [5.74, 6) is 0.307. The monoisotopic (exact) mass is 387 g/mol. The molecule has 0 unspecified atom stereocenters. The lowest BCUT2D eigenvalue weighted by atomic mass is 9.86. The zero-order valence-corrected chi connectivity index (χ0v) is 16.4. The van der Waals surface area contributed by atoms with E-state index in [4.69, 9.17) is 0 Å². The van der Waals surface area contributed by atoms with E-state index < -0.39 is 10.0 Å². The summed E-state index contributed by atoms with van der Waals surface area (Å²) < 4.78 is 39.7. The van der Waals surface area contributed by atoms with E-state index in [1.807, 2.05) is 0 Å². The maximum absolute atomic E-state index is 13.3. The number of hydrogen-bond donors (Lipinski definition) is 2. The summed E-state index contributed by atoms with van der Waals surface area (Å²) in [6, 6.07) is 0.361. The number of hydrogen-bond acceptors (Lipinski definition) is 5. The van der Waals surface area contributed by atoms with Crippen LogP contribution in [0, 0.1) is 5.92 Å². The van der Waals surface area contributed by atoms with Gasteiger partial charge < -0.3 is 5.32 Å². The summed E-state index contributed by atoms with van der Waals surface area (Å²) in [6.07, 6.45) is 6.75. The molecular formula is C17H26FN3O2S2. The van der Waals surface area contributed by atoms with Crippen LogP contribution in [0.15, 0.2) is 5.83 Å². The Bertz CT molecular complexity index is 735. The molecule has 2 aliphatic carbocycles. The first-order valence-corrected chi connectivity index (χ1v) is 11.3. The van der Waals surface area contributed by atoms with Crippen LogP contribution in [0.2, 0.25) is 0 Å². The van der Waals surface area contributed by atoms with Crippen molar-refractivity contribution in [3.8, 4) is 0 Å². The molecule has 1 aromatic rings. The van der Waals surface area contributed by atoms with Gasteiger partial charge >= 0.3 is 0 Å².